The number of alkyl carbamates (subject to hydrolysis) is 1. The molecule has 116 valence electrons. The van der Waals surface area contributed by atoms with Crippen molar-refractivity contribution in [2.24, 2.45) is 0 Å². The first-order chi connectivity index (χ1) is 9.10. The fraction of sp³-hybridized carbons (Fsp3) is 0.846. The molecule has 0 bridgehead atoms. The van der Waals surface area contributed by atoms with Crippen molar-refractivity contribution in [2.45, 2.75) is 44.9 Å². The summed E-state index contributed by atoms with van der Waals surface area (Å²) in [6, 6.07) is -0.178. The quantitative estimate of drug-likeness (QED) is 0.797. The molecular formula is C13H25N3O4. The predicted octanol–water partition coefficient (Wildman–Crippen LogP) is 1.19. The molecule has 1 heterocycles. The Labute approximate surface area is 119 Å². The summed E-state index contributed by atoms with van der Waals surface area (Å²) >= 11 is 0. The van der Waals surface area contributed by atoms with Crippen LogP contribution in [0, 0.1) is 0 Å². The number of rotatable bonds is 2. The monoisotopic (exact) mass is 287 g/mol. The number of carbonyl (C=O) groups excluding carboxylic acids is 1. The Kier molecular flexibility index (Phi) is 5.21. The van der Waals surface area contributed by atoms with Crippen molar-refractivity contribution in [1.82, 2.24) is 15.1 Å². The van der Waals surface area contributed by atoms with E-state index in [-0.39, 0.29) is 12.1 Å². The fourth-order valence-electron chi connectivity index (χ4n) is 2.26. The summed E-state index contributed by atoms with van der Waals surface area (Å²) in [7, 11) is 3.75. The number of nitrogens with one attached hydrogen (secondary N) is 1. The minimum atomic E-state index is -0.924. The van der Waals surface area contributed by atoms with E-state index in [1.165, 1.54) is 4.90 Å². The first-order valence-corrected chi connectivity index (χ1v) is 6.74. The molecule has 7 nitrogen and oxygen atoms in total. The summed E-state index contributed by atoms with van der Waals surface area (Å²) in [5.41, 5.74) is -0.542. The topological polar surface area (TPSA) is 82.1 Å². The van der Waals surface area contributed by atoms with Crippen LogP contribution in [0.25, 0.3) is 0 Å². The van der Waals surface area contributed by atoms with E-state index in [1.54, 1.807) is 0 Å². The Morgan fingerprint density at radius 3 is 2.40 bits per heavy atom. The molecule has 2 unspecified atom stereocenters. The maximum Gasteiger partial charge on any atom is 0.407 e. The summed E-state index contributed by atoms with van der Waals surface area (Å²) in [6.45, 7) is 6.22. The number of likely N-dealkylation sites (N-methyl/N-ethyl adjacent to an activating group) is 1. The molecule has 2 N–H and O–H groups in total. The van der Waals surface area contributed by atoms with Gasteiger partial charge < -0.3 is 25.0 Å². The molecule has 1 rings (SSSR count). The lowest BCUT2D eigenvalue weighted by molar-refractivity contribution is 0.0405. The van der Waals surface area contributed by atoms with Crippen molar-refractivity contribution in [3.05, 3.63) is 0 Å². The molecule has 1 fully saturated rings. The summed E-state index contributed by atoms with van der Waals surface area (Å²) in [6.07, 6.45) is -0.806. The molecular weight excluding hydrogens is 262 g/mol. The lowest BCUT2D eigenvalue weighted by Gasteiger charge is -2.40. The van der Waals surface area contributed by atoms with Crippen LogP contribution in [-0.4, -0.2) is 72.0 Å². The second kappa shape index (κ2) is 6.30. The standard InChI is InChI=1S/C13H25N3O4/c1-13(2,3)20-11(17)14-9-6-7-16(12(18)19)8-10(9)15(4)5/h9-10H,6-8H2,1-5H3,(H,14,17)(H,18,19). The van der Waals surface area contributed by atoms with Crippen LogP contribution < -0.4 is 5.32 Å². The molecule has 0 spiro atoms. The van der Waals surface area contributed by atoms with E-state index in [9.17, 15) is 9.59 Å². The van der Waals surface area contributed by atoms with Crippen molar-refractivity contribution in [2.75, 3.05) is 27.2 Å². The van der Waals surface area contributed by atoms with Crippen molar-refractivity contribution >= 4 is 12.2 Å². The smallest absolute Gasteiger partial charge is 0.407 e. The highest BCUT2D eigenvalue weighted by Gasteiger charge is 2.34. The SMILES string of the molecule is CN(C)C1CN(C(=O)O)CCC1NC(=O)OC(C)(C)C. The molecule has 20 heavy (non-hydrogen) atoms. The molecule has 2 atom stereocenters. The van der Waals surface area contributed by atoms with Crippen LogP contribution in [0.3, 0.4) is 0 Å². The van der Waals surface area contributed by atoms with Gasteiger partial charge in [0.05, 0.1) is 6.04 Å². The zero-order valence-electron chi connectivity index (χ0n) is 12.8. The van der Waals surface area contributed by atoms with Gasteiger partial charge in [0.25, 0.3) is 0 Å². The van der Waals surface area contributed by atoms with Crippen LogP contribution in [-0.2, 0) is 4.74 Å². The normalized spacial score (nSPS) is 23.6. The third-order valence-corrected chi connectivity index (χ3v) is 3.22. The van der Waals surface area contributed by atoms with Crippen LogP contribution in [0.5, 0.6) is 0 Å². The number of carboxylic acid groups (broad SMARTS) is 1. The van der Waals surface area contributed by atoms with Gasteiger partial charge in [0.1, 0.15) is 5.60 Å². The van der Waals surface area contributed by atoms with Gasteiger partial charge >= 0.3 is 12.2 Å². The number of likely N-dealkylation sites (tertiary alicyclic amines) is 1. The van der Waals surface area contributed by atoms with Gasteiger partial charge in [-0.15, -0.1) is 0 Å². The summed E-state index contributed by atoms with van der Waals surface area (Å²) in [4.78, 5) is 26.2. The van der Waals surface area contributed by atoms with Crippen molar-refractivity contribution in [3.63, 3.8) is 0 Å². The van der Waals surface area contributed by atoms with Crippen LogP contribution in [0.4, 0.5) is 9.59 Å². The van der Waals surface area contributed by atoms with Gasteiger partial charge in [-0.05, 0) is 41.3 Å². The molecule has 0 aromatic carbocycles. The molecule has 0 aliphatic carbocycles. The molecule has 0 aromatic heterocycles. The lowest BCUT2D eigenvalue weighted by Crippen LogP contribution is -2.60. The first kappa shape index (κ1) is 16.6. The molecule has 0 aromatic rings. The molecule has 0 saturated carbocycles. The molecule has 2 amide bonds. The van der Waals surface area contributed by atoms with Gasteiger partial charge in [-0.1, -0.05) is 0 Å². The minimum Gasteiger partial charge on any atom is -0.465 e. The lowest BCUT2D eigenvalue weighted by atomic mass is 9.99. The summed E-state index contributed by atoms with van der Waals surface area (Å²) < 4.78 is 5.24. The van der Waals surface area contributed by atoms with Crippen molar-refractivity contribution in [1.29, 1.82) is 0 Å². The number of hydrogen-bond acceptors (Lipinski definition) is 4. The van der Waals surface area contributed by atoms with Crippen molar-refractivity contribution in [3.8, 4) is 0 Å². The maximum atomic E-state index is 11.8. The molecule has 7 heteroatoms. The zero-order valence-corrected chi connectivity index (χ0v) is 12.8. The Hall–Kier alpha value is -1.50. The Morgan fingerprint density at radius 1 is 1.35 bits per heavy atom. The summed E-state index contributed by atoms with van der Waals surface area (Å²) in [5, 5.41) is 11.9. The van der Waals surface area contributed by atoms with Gasteiger partial charge in [0.2, 0.25) is 0 Å². The number of amides is 2. The summed E-state index contributed by atoms with van der Waals surface area (Å²) in [5.74, 6) is 0. The highest BCUT2D eigenvalue weighted by atomic mass is 16.6. The van der Waals surface area contributed by atoms with E-state index in [0.717, 1.165) is 0 Å². The average molecular weight is 287 g/mol. The highest BCUT2D eigenvalue weighted by Crippen LogP contribution is 2.16. The minimum absolute atomic E-state index is 0.0626. The van der Waals surface area contributed by atoms with E-state index < -0.39 is 17.8 Å². The zero-order chi connectivity index (χ0) is 15.5. The second-order valence-corrected chi connectivity index (χ2v) is 6.30. The average Bonchev–Trinajstić information content (AvgIpc) is 2.25. The van der Waals surface area contributed by atoms with Gasteiger partial charge in [0, 0.05) is 19.1 Å². The van der Waals surface area contributed by atoms with E-state index in [0.29, 0.717) is 19.5 Å². The second-order valence-electron chi connectivity index (χ2n) is 6.30. The number of nitrogens with zero attached hydrogens (tertiary/aromatic N) is 2. The third-order valence-electron chi connectivity index (χ3n) is 3.22. The number of piperidine rings is 1. The third kappa shape index (κ3) is 4.88. The number of ether oxygens (including phenoxy) is 1. The first-order valence-electron chi connectivity index (χ1n) is 6.74. The van der Waals surface area contributed by atoms with Crippen molar-refractivity contribution < 1.29 is 19.4 Å². The number of hydrogen-bond donors (Lipinski definition) is 2. The van der Waals surface area contributed by atoms with E-state index >= 15 is 0 Å². The van der Waals surface area contributed by atoms with Crippen LogP contribution >= 0.6 is 0 Å². The Morgan fingerprint density at radius 2 is 1.95 bits per heavy atom. The Balaban J connectivity index is 2.64. The molecule has 0 radical (unpaired) electrons. The molecule has 1 aliphatic rings. The van der Waals surface area contributed by atoms with Gasteiger partial charge in [0.15, 0.2) is 0 Å². The van der Waals surface area contributed by atoms with Crippen LogP contribution in [0.15, 0.2) is 0 Å². The molecule has 1 saturated heterocycles. The van der Waals surface area contributed by atoms with Crippen LogP contribution in [0.1, 0.15) is 27.2 Å². The van der Waals surface area contributed by atoms with Gasteiger partial charge in [-0.3, -0.25) is 0 Å². The van der Waals surface area contributed by atoms with E-state index in [1.807, 2.05) is 39.8 Å². The Bertz CT molecular complexity index is 365. The maximum absolute atomic E-state index is 11.8. The highest BCUT2D eigenvalue weighted by molar-refractivity contribution is 5.68. The number of carbonyl (C=O) groups is 2. The van der Waals surface area contributed by atoms with E-state index in [2.05, 4.69) is 5.32 Å². The van der Waals surface area contributed by atoms with Gasteiger partial charge in [-0.2, -0.15) is 0 Å². The largest absolute Gasteiger partial charge is 0.465 e. The molecule has 1 aliphatic heterocycles. The predicted molar refractivity (Wildman–Crippen MR) is 74.8 cm³/mol. The van der Waals surface area contributed by atoms with E-state index in [4.69, 9.17) is 9.84 Å². The van der Waals surface area contributed by atoms with Crippen LogP contribution in [0.2, 0.25) is 0 Å². The fourth-order valence-corrected chi connectivity index (χ4v) is 2.26. The van der Waals surface area contributed by atoms with Gasteiger partial charge in [-0.25, -0.2) is 9.59 Å².